The predicted octanol–water partition coefficient (Wildman–Crippen LogP) is 1.96. The van der Waals surface area contributed by atoms with Gasteiger partial charge >= 0.3 is 5.97 Å². The lowest BCUT2D eigenvalue weighted by Gasteiger charge is -2.07. The summed E-state index contributed by atoms with van der Waals surface area (Å²) >= 11 is 5.68. The molecule has 0 radical (unpaired) electrons. The van der Waals surface area contributed by atoms with Crippen molar-refractivity contribution in [1.29, 1.82) is 0 Å². The summed E-state index contributed by atoms with van der Waals surface area (Å²) in [5.41, 5.74) is 0.695. The fourth-order valence-electron chi connectivity index (χ4n) is 2.33. The van der Waals surface area contributed by atoms with Gasteiger partial charge in [0.2, 0.25) is 0 Å². The maximum atomic E-state index is 12.2. The molecule has 2 aromatic rings. The Morgan fingerprint density at radius 2 is 2.00 bits per heavy atom. The molecule has 0 atom stereocenters. The molecule has 142 valence electrons. The molecule has 0 fully saturated rings. The number of esters is 1. The van der Waals surface area contributed by atoms with Crippen LogP contribution in [0.2, 0.25) is 5.02 Å². The van der Waals surface area contributed by atoms with Gasteiger partial charge in [0.05, 0.1) is 16.2 Å². The number of amides is 1. The molecule has 0 aliphatic heterocycles. The minimum atomic E-state index is -1.20. The van der Waals surface area contributed by atoms with Crippen LogP contribution in [-0.2, 0) is 21.4 Å². The van der Waals surface area contributed by atoms with E-state index in [1.165, 1.54) is 16.8 Å². The topological polar surface area (TPSA) is 133 Å². The minimum Gasteiger partial charge on any atom is -0.450 e. The number of nitro benzene ring substituents is 1. The van der Waals surface area contributed by atoms with Crippen molar-refractivity contribution in [1.82, 2.24) is 9.78 Å². The van der Waals surface area contributed by atoms with Gasteiger partial charge in [0.1, 0.15) is 5.02 Å². The van der Waals surface area contributed by atoms with Gasteiger partial charge in [-0.1, -0.05) is 11.6 Å². The van der Waals surface area contributed by atoms with E-state index in [4.69, 9.17) is 16.3 Å². The summed E-state index contributed by atoms with van der Waals surface area (Å²) in [6.07, 6.45) is 0. The van der Waals surface area contributed by atoms with Crippen molar-refractivity contribution in [2.75, 3.05) is 11.9 Å². The average Bonchev–Trinajstić information content (AvgIpc) is 2.85. The molecule has 10 nitrogen and oxygen atoms in total. The van der Waals surface area contributed by atoms with Crippen molar-refractivity contribution >= 4 is 40.6 Å². The first-order valence-corrected chi connectivity index (χ1v) is 7.95. The van der Waals surface area contributed by atoms with Crippen LogP contribution in [0.25, 0.3) is 0 Å². The van der Waals surface area contributed by atoms with Crippen LogP contribution in [0.15, 0.2) is 18.2 Å². The van der Waals surface area contributed by atoms with E-state index in [2.05, 4.69) is 10.4 Å². The lowest BCUT2D eigenvalue weighted by Crippen LogP contribution is -2.25. The molecule has 0 aliphatic carbocycles. The minimum absolute atomic E-state index is 0.0859. The monoisotopic (exact) mass is 394 g/mol. The molecule has 1 N–H and O–H groups in total. The maximum Gasteiger partial charge on any atom is 0.380 e. The number of ether oxygens (including phenoxy) is 1. The van der Waals surface area contributed by atoms with E-state index in [1.807, 2.05) is 0 Å². The van der Waals surface area contributed by atoms with Crippen molar-refractivity contribution in [3.63, 3.8) is 0 Å². The normalized spacial score (nSPS) is 10.4. The van der Waals surface area contributed by atoms with E-state index in [0.717, 1.165) is 6.07 Å². The standard InChI is InChI=1S/C16H15ClN4O6/c1-8-14(9(2)20(3)19-8)15(23)16(24)27-7-13(22)18-10-4-5-11(17)12(6-10)21(25)26/h4-6H,7H2,1-3H3,(H,18,22). The molecule has 1 amide bonds. The smallest absolute Gasteiger partial charge is 0.380 e. The molecule has 0 bridgehead atoms. The molecule has 11 heteroatoms. The van der Waals surface area contributed by atoms with Crippen molar-refractivity contribution in [2.24, 2.45) is 7.05 Å². The number of carbonyl (C=O) groups excluding carboxylic acids is 3. The highest BCUT2D eigenvalue weighted by molar-refractivity contribution is 6.41. The summed E-state index contributed by atoms with van der Waals surface area (Å²) in [6.45, 7) is 2.47. The van der Waals surface area contributed by atoms with Crippen molar-refractivity contribution < 1.29 is 24.0 Å². The van der Waals surface area contributed by atoms with Crippen LogP contribution in [0.5, 0.6) is 0 Å². The van der Waals surface area contributed by atoms with E-state index < -0.39 is 29.2 Å². The van der Waals surface area contributed by atoms with Gasteiger partial charge < -0.3 is 10.1 Å². The third-order valence-corrected chi connectivity index (χ3v) is 4.00. The van der Waals surface area contributed by atoms with Crippen LogP contribution in [0, 0.1) is 24.0 Å². The van der Waals surface area contributed by atoms with E-state index in [-0.39, 0.29) is 22.0 Å². The number of hydrogen-bond donors (Lipinski definition) is 1. The number of aryl methyl sites for hydroxylation is 2. The Kier molecular flexibility index (Phi) is 5.91. The van der Waals surface area contributed by atoms with Crippen LogP contribution in [-0.4, -0.2) is 39.0 Å². The number of rotatable bonds is 6. The molecule has 1 aromatic heterocycles. The molecule has 1 heterocycles. The zero-order valence-electron chi connectivity index (χ0n) is 14.6. The number of ketones is 1. The van der Waals surface area contributed by atoms with Crippen LogP contribution in [0.4, 0.5) is 11.4 Å². The molecule has 1 aromatic carbocycles. The summed E-state index contributed by atoms with van der Waals surface area (Å²) in [4.78, 5) is 46.1. The van der Waals surface area contributed by atoms with Crippen molar-refractivity contribution in [2.45, 2.75) is 13.8 Å². The van der Waals surface area contributed by atoms with Crippen molar-refractivity contribution in [3.8, 4) is 0 Å². The van der Waals surface area contributed by atoms with Gasteiger partial charge in [-0.15, -0.1) is 0 Å². The molecule has 0 aliphatic rings. The third kappa shape index (κ3) is 4.47. The number of nitrogens with one attached hydrogen (secondary N) is 1. The van der Waals surface area contributed by atoms with Gasteiger partial charge in [-0.3, -0.25) is 24.4 Å². The number of nitro groups is 1. The summed E-state index contributed by atoms with van der Waals surface area (Å²) < 4.78 is 6.17. The second kappa shape index (κ2) is 7.96. The molecular formula is C16H15ClN4O6. The zero-order chi connectivity index (χ0) is 20.3. The average molecular weight is 395 g/mol. The van der Waals surface area contributed by atoms with Gasteiger partial charge in [0.15, 0.2) is 6.61 Å². The predicted molar refractivity (Wildman–Crippen MR) is 94.7 cm³/mol. The van der Waals surface area contributed by atoms with E-state index in [0.29, 0.717) is 11.4 Å². The van der Waals surface area contributed by atoms with Crippen LogP contribution < -0.4 is 5.32 Å². The molecular weight excluding hydrogens is 380 g/mol. The second-order valence-electron chi connectivity index (χ2n) is 5.55. The highest BCUT2D eigenvalue weighted by atomic mass is 35.5. The molecule has 2 rings (SSSR count). The Morgan fingerprint density at radius 1 is 1.33 bits per heavy atom. The number of halogens is 1. The maximum absolute atomic E-state index is 12.2. The Balaban J connectivity index is 1.99. The van der Waals surface area contributed by atoms with Crippen LogP contribution in [0.1, 0.15) is 21.7 Å². The largest absolute Gasteiger partial charge is 0.450 e. The summed E-state index contributed by atoms with van der Waals surface area (Å²) in [7, 11) is 1.63. The van der Waals surface area contributed by atoms with E-state index >= 15 is 0 Å². The zero-order valence-corrected chi connectivity index (χ0v) is 15.4. The lowest BCUT2D eigenvalue weighted by atomic mass is 10.1. The van der Waals surface area contributed by atoms with Crippen LogP contribution >= 0.6 is 11.6 Å². The summed E-state index contributed by atoms with van der Waals surface area (Å²) in [5, 5.41) is 17.1. The number of nitrogens with zero attached hydrogens (tertiary/aromatic N) is 3. The number of aromatic nitrogens is 2. The molecule has 0 spiro atoms. The summed E-state index contributed by atoms with van der Waals surface area (Å²) in [5.74, 6) is -2.88. The highest BCUT2D eigenvalue weighted by Gasteiger charge is 2.26. The number of anilines is 1. The SMILES string of the molecule is Cc1nn(C)c(C)c1C(=O)C(=O)OCC(=O)Nc1ccc(Cl)c([N+](=O)[O-])c1. The van der Waals surface area contributed by atoms with Gasteiger partial charge in [-0.05, 0) is 26.0 Å². The van der Waals surface area contributed by atoms with Crippen LogP contribution in [0.3, 0.4) is 0 Å². The van der Waals surface area contributed by atoms with Gasteiger partial charge in [-0.2, -0.15) is 5.10 Å². The Bertz CT molecular complexity index is 953. The molecule has 27 heavy (non-hydrogen) atoms. The first kappa shape index (κ1) is 20.0. The number of carbonyl (C=O) groups is 3. The highest BCUT2D eigenvalue weighted by Crippen LogP contribution is 2.27. The quantitative estimate of drug-likeness (QED) is 0.260. The Labute approximate surface area is 158 Å². The number of benzene rings is 1. The van der Waals surface area contributed by atoms with Gasteiger partial charge in [0.25, 0.3) is 17.4 Å². The lowest BCUT2D eigenvalue weighted by molar-refractivity contribution is -0.384. The number of hydrogen-bond acceptors (Lipinski definition) is 7. The second-order valence-corrected chi connectivity index (χ2v) is 5.95. The van der Waals surface area contributed by atoms with E-state index in [1.54, 1.807) is 20.9 Å². The first-order valence-electron chi connectivity index (χ1n) is 7.57. The van der Waals surface area contributed by atoms with Gasteiger partial charge in [0, 0.05) is 24.5 Å². The first-order chi connectivity index (χ1) is 12.6. The van der Waals surface area contributed by atoms with Crippen molar-refractivity contribution in [3.05, 3.63) is 50.3 Å². The molecule has 0 saturated carbocycles. The third-order valence-electron chi connectivity index (χ3n) is 3.68. The summed E-state index contributed by atoms with van der Waals surface area (Å²) in [6, 6.07) is 3.66. The van der Waals surface area contributed by atoms with E-state index in [9.17, 15) is 24.5 Å². The molecule has 0 saturated heterocycles. The van der Waals surface area contributed by atoms with Gasteiger partial charge in [-0.25, -0.2) is 4.79 Å². The fourth-order valence-corrected chi connectivity index (χ4v) is 2.51. The fraction of sp³-hybridized carbons (Fsp3) is 0.250. The molecule has 0 unspecified atom stereocenters. The Hall–Kier alpha value is -3.27. The number of Topliss-reactive ketones (excluding diaryl/α,β-unsaturated/α-hetero) is 1. The Morgan fingerprint density at radius 3 is 2.56 bits per heavy atom.